The Morgan fingerprint density at radius 2 is 1.82 bits per heavy atom. The summed E-state index contributed by atoms with van der Waals surface area (Å²) in [6.07, 6.45) is 0.566. The van der Waals surface area contributed by atoms with Crippen LogP contribution in [0.1, 0.15) is 36.1 Å². The predicted molar refractivity (Wildman–Crippen MR) is 107 cm³/mol. The smallest absolute Gasteiger partial charge is 0.320 e. The Labute approximate surface area is 163 Å². The van der Waals surface area contributed by atoms with Crippen LogP contribution in [0, 0.1) is 6.92 Å². The Hall–Kier alpha value is -3.14. The molecule has 28 heavy (non-hydrogen) atoms. The molecule has 2 atom stereocenters. The van der Waals surface area contributed by atoms with Crippen LogP contribution >= 0.6 is 0 Å². The van der Waals surface area contributed by atoms with E-state index < -0.39 is 5.41 Å². The van der Waals surface area contributed by atoms with Crippen molar-refractivity contribution in [3.05, 3.63) is 93.8 Å². The molecule has 0 aliphatic heterocycles. The van der Waals surface area contributed by atoms with Gasteiger partial charge in [0.2, 0.25) is 0 Å². The van der Waals surface area contributed by atoms with Gasteiger partial charge in [-0.2, -0.15) is 0 Å². The van der Waals surface area contributed by atoms with Crippen molar-refractivity contribution < 1.29 is 13.9 Å². The van der Waals surface area contributed by atoms with E-state index >= 15 is 0 Å². The summed E-state index contributed by atoms with van der Waals surface area (Å²) >= 11 is 0. The van der Waals surface area contributed by atoms with Crippen molar-refractivity contribution in [2.45, 2.75) is 31.6 Å². The number of carbonyl (C=O) groups excluding carboxylic acids is 1. The van der Waals surface area contributed by atoms with Crippen molar-refractivity contribution in [1.29, 1.82) is 0 Å². The van der Waals surface area contributed by atoms with Crippen molar-refractivity contribution in [1.82, 2.24) is 0 Å². The van der Waals surface area contributed by atoms with Gasteiger partial charge in [0.25, 0.3) is 0 Å². The van der Waals surface area contributed by atoms with E-state index in [2.05, 4.69) is 0 Å². The Balaban J connectivity index is 1.81. The molecule has 0 N–H and O–H groups in total. The first-order chi connectivity index (χ1) is 13.5. The summed E-state index contributed by atoms with van der Waals surface area (Å²) in [5, 5.41) is 0. The maximum atomic E-state index is 13.0. The van der Waals surface area contributed by atoms with E-state index in [1.54, 1.807) is 6.92 Å². The van der Waals surface area contributed by atoms with Gasteiger partial charge in [-0.3, -0.25) is 9.59 Å². The number of hydrogen-bond donors (Lipinski definition) is 0. The Kier molecular flexibility index (Phi) is 4.63. The fourth-order valence-electron chi connectivity index (χ4n) is 3.76. The van der Waals surface area contributed by atoms with Crippen LogP contribution in [0.5, 0.6) is 0 Å². The van der Waals surface area contributed by atoms with Gasteiger partial charge in [0, 0.05) is 23.6 Å². The van der Waals surface area contributed by atoms with Crippen LogP contribution in [0.2, 0.25) is 0 Å². The molecule has 4 heteroatoms. The molecule has 1 aromatic heterocycles. The normalized spacial score (nSPS) is 20.6. The minimum Gasteiger partial charge on any atom is -0.465 e. The van der Waals surface area contributed by atoms with Crippen molar-refractivity contribution in [3.8, 4) is 11.3 Å². The zero-order chi connectivity index (χ0) is 19.7. The average Bonchev–Trinajstić information content (AvgIpc) is 3.46. The summed E-state index contributed by atoms with van der Waals surface area (Å²) in [5.74, 6) is 0.430. The Morgan fingerprint density at radius 3 is 2.50 bits per heavy atom. The second kappa shape index (κ2) is 7.12. The molecule has 0 spiro atoms. The molecule has 4 rings (SSSR count). The van der Waals surface area contributed by atoms with Crippen molar-refractivity contribution in [2.75, 3.05) is 6.61 Å². The van der Waals surface area contributed by atoms with Crippen LogP contribution in [-0.4, -0.2) is 12.6 Å². The summed E-state index contributed by atoms with van der Waals surface area (Å²) in [4.78, 5) is 25.4. The third-order valence-electron chi connectivity index (χ3n) is 5.34. The molecular weight excluding hydrogens is 352 g/mol. The molecule has 142 valence electrons. The summed E-state index contributed by atoms with van der Waals surface area (Å²) < 4.78 is 11.5. The lowest BCUT2D eigenvalue weighted by molar-refractivity contribution is -0.146. The quantitative estimate of drug-likeness (QED) is 0.612. The third-order valence-corrected chi connectivity index (χ3v) is 5.34. The standard InChI is InChI=1S/C24H22O4/c1-3-27-23(26)24(15-20(24)17-11-9-16(2)10-12-17)22-14-19(25)13-21(28-22)18-7-5-4-6-8-18/h4-14,20H,3,15H2,1-2H3/t20-,24+/m0/s1. The number of hydrogen-bond acceptors (Lipinski definition) is 4. The zero-order valence-electron chi connectivity index (χ0n) is 16.0. The number of carbonyl (C=O) groups is 1. The first-order valence-corrected chi connectivity index (χ1v) is 9.49. The molecule has 0 radical (unpaired) electrons. The molecule has 4 nitrogen and oxygen atoms in total. The molecule has 1 saturated carbocycles. The van der Waals surface area contributed by atoms with Gasteiger partial charge >= 0.3 is 5.97 Å². The van der Waals surface area contributed by atoms with Gasteiger partial charge in [-0.1, -0.05) is 60.2 Å². The predicted octanol–water partition coefficient (Wildman–Crippen LogP) is 4.60. The van der Waals surface area contributed by atoms with Crippen LogP contribution in [0.25, 0.3) is 11.3 Å². The lowest BCUT2D eigenvalue weighted by Crippen LogP contribution is -2.26. The van der Waals surface area contributed by atoms with E-state index in [1.807, 2.05) is 61.5 Å². The number of esters is 1. The van der Waals surface area contributed by atoms with E-state index in [0.29, 0.717) is 17.9 Å². The first-order valence-electron chi connectivity index (χ1n) is 9.49. The number of benzene rings is 2. The van der Waals surface area contributed by atoms with E-state index in [-0.39, 0.29) is 23.9 Å². The fraction of sp³-hybridized carbons (Fsp3) is 0.250. The fourth-order valence-corrected chi connectivity index (χ4v) is 3.76. The molecule has 0 unspecified atom stereocenters. The van der Waals surface area contributed by atoms with Gasteiger partial charge in [-0.25, -0.2) is 0 Å². The number of ether oxygens (including phenoxy) is 1. The van der Waals surface area contributed by atoms with Gasteiger partial charge in [-0.05, 0) is 25.8 Å². The minimum atomic E-state index is -0.949. The summed E-state index contributed by atoms with van der Waals surface area (Å²) in [7, 11) is 0. The first kappa shape index (κ1) is 18.2. The Bertz CT molecular complexity index is 1050. The van der Waals surface area contributed by atoms with Crippen LogP contribution in [0.4, 0.5) is 0 Å². The maximum absolute atomic E-state index is 13.0. The highest BCUT2D eigenvalue weighted by Gasteiger charge is 2.65. The average molecular weight is 374 g/mol. The van der Waals surface area contributed by atoms with E-state index in [9.17, 15) is 9.59 Å². The van der Waals surface area contributed by atoms with Crippen molar-refractivity contribution in [3.63, 3.8) is 0 Å². The molecule has 1 heterocycles. The van der Waals surface area contributed by atoms with Crippen LogP contribution in [-0.2, 0) is 14.9 Å². The monoisotopic (exact) mass is 374 g/mol. The van der Waals surface area contributed by atoms with Crippen LogP contribution in [0.3, 0.4) is 0 Å². The topological polar surface area (TPSA) is 56.5 Å². The number of rotatable bonds is 5. The molecule has 0 saturated heterocycles. The van der Waals surface area contributed by atoms with E-state index in [1.165, 1.54) is 12.1 Å². The molecule has 0 amide bonds. The lowest BCUT2D eigenvalue weighted by atomic mass is 9.95. The highest BCUT2D eigenvalue weighted by atomic mass is 16.5. The van der Waals surface area contributed by atoms with Crippen molar-refractivity contribution >= 4 is 5.97 Å². The molecular formula is C24H22O4. The molecule has 3 aromatic rings. The van der Waals surface area contributed by atoms with Crippen LogP contribution in [0.15, 0.2) is 75.9 Å². The van der Waals surface area contributed by atoms with Gasteiger partial charge in [0.1, 0.15) is 16.9 Å². The van der Waals surface area contributed by atoms with Crippen LogP contribution < -0.4 is 5.43 Å². The zero-order valence-corrected chi connectivity index (χ0v) is 16.0. The molecule has 1 fully saturated rings. The maximum Gasteiger partial charge on any atom is 0.320 e. The third kappa shape index (κ3) is 3.15. The highest BCUT2D eigenvalue weighted by molar-refractivity contribution is 5.88. The van der Waals surface area contributed by atoms with Crippen molar-refractivity contribution in [2.24, 2.45) is 0 Å². The Morgan fingerprint density at radius 1 is 1.11 bits per heavy atom. The summed E-state index contributed by atoms with van der Waals surface area (Å²) in [6.45, 7) is 4.09. The second-order valence-corrected chi connectivity index (χ2v) is 7.25. The molecule has 2 aromatic carbocycles. The number of aryl methyl sites for hydroxylation is 1. The second-order valence-electron chi connectivity index (χ2n) is 7.25. The van der Waals surface area contributed by atoms with E-state index in [0.717, 1.165) is 16.7 Å². The van der Waals surface area contributed by atoms with Gasteiger partial charge < -0.3 is 9.15 Å². The van der Waals surface area contributed by atoms with Gasteiger partial charge in [0.05, 0.1) is 6.61 Å². The molecule has 1 aliphatic carbocycles. The molecule has 1 aliphatic rings. The van der Waals surface area contributed by atoms with E-state index in [4.69, 9.17) is 9.15 Å². The van der Waals surface area contributed by atoms with Gasteiger partial charge in [0.15, 0.2) is 5.43 Å². The lowest BCUT2D eigenvalue weighted by Gasteiger charge is -2.16. The summed E-state index contributed by atoms with van der Waals surface area (Å²) in [5.41, 5.74) is 1.87. The highest BCUT2D eigenvalue weighted by Crippen LogP contribution is 2.61. The van der Waals surface area contributed by atoms with Gasteiger partial charge in [-0.15, -0.1) is 0 Å². The summed E-state index contributed by atoms with van der Waals surface area (Å²) in [6, 6.07) is 20.4. The SMILES string of the molecule is CCOC(=O)[C@]1(c2cc(=O)cc(-c3ccccc3)o2)C[C@H]1c1ccc(C)cc1. The molecule has 0 bridgehead atoms. The minimum absolute atomic E-state index is 0.0682. The largest absolute Gasteiger partial charge is 0.465 e.